The molecular formula is C10H7O4-. The van der Waals surface area contributed by atoms with Crippen LogP contribution >= 0.6 is 0 Å². The van der Waals surface area contributed by atoms with E-state index < -0.39 is 22.8 Å². The standard InChI is InChI=1S/C10H8O4/c11-7(12)9-1-2-4(9)6-5(9)3(1)10(2,6)8(13)14/h1-6H,(H,11,12)(H,13,14)/p-1. The van der Waals surface area contributed by atoms with E-state index in [2.05, 4.69) is 0 Å². The lowest BCUT2D eigenvalue weighted by atomic mass is 8.92. The van der Waals surface area contributed by atoms with Crippen molar-refractivity contribution in [2.24, 2.45) is 46.3 Å². The third kappa shape index (κ3) is 0.215. The van der Waals surface area contributed by atoms with Gasteiger partial charge in [0.25, 0.3) is 0 Å². The SMILES string of the molecule is O=C([O-])C12C3C4C1C1C2C3C41C(=O)O. The Labute approximate surface area is 78.9 Å². The first-order chi connectivity index (χ1) is 6.62. The smallest absolute Gasteiger partial charge is 0.310 e. The Kier molecular flexibility index (Phi) is 0.538. The largest absolute Gasteiger partial charge is 0.550 e. The summed E-state index contributed by atoms with van der Waals surface area (Å²) in [6, 6.07) is 0. The van der Waals surface area contributed by atoms with Crippen LogP contribution in [-0.2, 0) is 9.59 Å². The summed E-state index contributed by atoms with van der Waals surface area (Å²) in [6.07, 6.45) is 0. The Morgan fingerprint density at radius 2 is 1.29 bits per heavy atom. The Bertz CT molecular complexity index is 355. The maximum absolute atomic E-state index is 11.1. The molecule has 0 aromatic heterocycles. The van der Waals surface area contributed by atoms with Crippen LogP contribution in [0.4, 0.5) is 0 Å². The first-order valence-electron chi connectivity index (χ1n) is 5.07. The molecule has 0 aromatic carbocycles. The maximum atomic E-state index is 11.1. The van der Waals surface area contributed by atoms with Gasteiger partial charge in [-0.05, 0) is 35.5 Å². The van der Waals surface area contributed by atoms with Crippen LogP contribution in [0.25, 0.3) is 0 Å². The highest BCUT2D eigenvalue weighted by atomic mass is 16.4. The van der Waals surface area contributed by atoms with Gasteiger partial charge in [-0.25, -0.2) is 0 Å². The normalized spacial score (nSPS) is 76.9. The van der Waals surface area contributed by atoms with Crippen LogP contribution in [0.15, 0.2) is 0 Å². The summed E-state index contributed by atoms with van der Waals surface area (Å²) in [5.74, 6) is -0.405. The highest BCUT2D eigenvalue weighted by Gasteiger charge is 3.12. The number of hydrogen-bond acceptors (Lipinski definition) is 3. The van der Waals surface area contributed by atoms with E-state index in [1.54, 1.807) is 0 Å². The molecule has 0 radical (unpaired) electrons. The minimum Gasteiger partial charge on any atom is -0.550 e. The van der Waals surface area contributed by atoms with Crippen molar-refractivity contribution in [1.82, 2.24) is 0 Å². The molecular weight excluding hydrogens is 184 g/mol. The highest BCUT2D eigenvalue weighted by Crippen LogP contribution is 3.10. The summed E-state index contributed by atoms with van der Waals surface area (Å²) in [4.78, 5) is 22.1. The first-order valence-corrected chi connectivity index (χ1v) is 5.07. The molecule has 1 N–H and O–H groups in total. The van der Waals surface area contributed by atoms with Crippen molar-refractivity contribution in [3.8, 4) is 0 Å². The number of carboxylic acids is 2. The van der Waals surface area contributed by atoms with E-state index in [1.807, 2.05) is 0 Å². The summed E-state index contributed by atoms with van der Waals surface area (Å²) in [5, 5.41) is 20.1. The van der Waals surface area contributed by atoms with Gasteiger partial charge in [0, 0.05) is 11.4 Å². The predicted molar refractivity (Wildman–Crippen MR) is 38.4 cm³/mol. The van der Waals surface area contributed by atoms with Crippen LogP contribution < -0.4 is 5.11 Å². The van der Waals surface area contributed by atoms with Crippen LogP contribution in [0, 0.1) is 46.3 Å². The molecule has 72 valence electrons. The molecule has 6 aliphatic rings. The van der Waals surface area contributed by atoms with Crippen molar-refractivity contribution in [3.05, 3.63) is 0 Å². The molecule has 0 heterocycles. The van der Waals surface area contributed by atoms with Gasteiger partial charge in [0.2, 0.25) is 0 Å². The molecule has 0 aliphatic heterocycles. The van der Waals surface area contributed by atoms with E-state index in [0.29, 0.717) is 0 Å². The van der Waals surface area contributed by atoms with Crippen LogP contribution in [0.5, 0.6) is 0 Å². The fraction of sp³-hybridized carbons (Fsp3) is 0.800. The van der Waals surface area contributed by atoms with Gasteiger partial charge in [-0.1, -0.05) is 0 Å². The zero-order valence-electron chi connectivity index (χ0n) is 7.14. The monoisotopic (exact) mass is 191 g/mol. The Hall–Kier alpha value is -1.06. The molecule has 14 heavy (non-hydrogen) atoms. The summed E-state index contributed by atoms with van der Waals surface area (Å²) in [5.41, 5.74) is -0.978. The van der Waals surface area contributed by atoms with E-state index in [9.17, 15) is 14.7 Å². The minimum absolute atomic E-state index is 0.184. The van der Waals surface area contributed by atoms with E-state index in [1.165, 1.54) is 0 Å². The van der Waals surface area contributed by atoms with E-state index in [-0.39, 0.29) is 35.5 Å². The number of carbonyl (C=O) groups is 2. The van der Waals surface area contributed by atoms with Gasteiger partial charge in [-0.2, -0.15) is 0 Å². The lowest BCUT2D eigenvalue weighted by Gasteiger charge is -3.10. The maximum Gasteiger partial charge on any atom is 0.310 e. The predicted octanol–water partition coefficient (Wildman–Crippen LogP) is -1.44. The Balaban J connectivity index is 1.66. The Morgan fingerprint density at radius 3 is 1.57 bits per heavy atom. The van der Waals surface area contributed by atoms with E-state index >= 15 is 0 Å². The second-order valence-corrected chi connectivity index (χ2v) is 5.61. The number of aliphatic carboxylic acids is 2. The van der Waals surface area contributed by atoms with Crippen LogP contribution in [0.1, 0.15) is 0 Å². The molecule has 0 atom stereocenters. The summed E-state index contributed by atoms with van der Waals surface area (Å²) in [7, 11) is 0. The van der Waals surface area contributed by atoms with E-state index in [4.69, 9.17) is 5.11 Å². The molecule has 6 rings (SSSR count). The topological polar surface area (TPSA) is 77.4 Å². The van der Waals surface area contributed by atoms with Crippen molar-refractivity contribution >= 4 is 11.9 Å². The fourth-order valence-electron chi connectivity index (χ4n) is 6.36. The number of hydrogen-bond donors (Lipinski definition) is 1. The van der Waals surface area contributed by atoms with Gasteiger partial charge in [0.15, 0.2) is 0 Å². The van der Waals surface area contributed by atoms with Gasteiger partial charge in [-0.3, -0.25) is 4.79 Å². The van der Waals surface area contributed by atoms with E-state index in [0.717, 1.165) is 0 Å². The van der Waals surface area contributed by atoms with Crippen molar-refractivity contribution in [2.75, 3.05) is 0 Å². The van der Waals surface area contributed by atoms with Gasteiger partial charge >= 0.3 is 5.97 Å². The fourth-order valence-corrected chi connectivity index (χ4v) is 6.36. The second kappa shape index (κ2) is 1.17. The average Bonchev–Trinajstić information content (AvgIpc) is 2.16. The van der Waals surface area contributed by atoms with Crippen LogP contribution in [0.3, 0.4) is 0 Å². The van der Waals surface area contributed by atoms with Crippen LogP contribution in [-0.4, -0.2) is 17.0 Å². The molecule has 0 aromatic rings. The number of carbonyl (C=O) groups excluding carboxylic acids is 1. The van der Waals surface area contributed by atoms with Gasteiger partial charge in [0.1, 0.15) is 0 Å². The van der Waals surface area contributed by atoms with Gasteiger partial charge in [-0.15, -0.1) is 0 Å². The number of rotatable bonds is 2. The molecule has 0 saturated heterocycles. The quantitative estimate of drug-likeness (QED) is 0.579. The summed E-state index contributed by atoms with van der Waals surface area (Å²) < 4.78 is 0. The Morgan fingerprint density at radius 1 is 0.929 bits per heavy atom. The van der Waals surface area contributed by atoms with Gasteiger partial charge < -0.3 is 15.0 Å². The van der Waals surface area contributed by atoms with Crippen molar-refractivity contribution in [1.29, 1.82) is 0 Å². The molecule has 6 fully saturated rings. The average molecular weight is 191 g/mol. The van der Waals surface area contributed by atoms with Gasteiger partial charge in [0.05, 0.1) is 5.41 Å². The highest BCUT2D eigenvalue weighted by molar-refractivity contribution is 5.94. The molecule has 6 saturated carbocycles. The lowest BCUT2D eigenvalue weighted by molar-refractivity contribution is -0.637. The minimum atomic E-state index is -0.903. The zero-order valence-corrected chi connectivity index (χ0v) is 7.14. The third-order valence-electron chi connectivity index (χ3n) is 6.35. The second-order valence-electron chi connectivity index (χ2n) is 5.61. The summed E-state index contributed by atoms with van der Waals surface area (Å²) in [6.45, 7) is 0. The zero-order chi connectivity index (χ0) is 9.62. The van der Waals surface area contributed by atoms with Crippen molar-refractivity contribution in [2.45, 2.75) is 0 Å². The third-order valence-corrected chi connectivity index (χ3v) is 6.35. The molecule has 6 aliphatic carbocycles. The molecule has 0 amide bonds. The lowest BCUT2D eigenvalue weighted by Crippen LogP contribution is -3.12. The van der Waals surface area contributed by atoms with Crippen molar-refractivity contribution in [3.63, 3.8) is 0 Å². The molecule has 0 bridgehead atoms. The summed E-state index contributed by atoms with van der Waals surface area (Å²) >= 11 is 0. The first kappa shape index (κ1) is 6.43. The number of carboxylic acid groups (broad SMARTS) is 2. The molecule has 4 heteroatoms. The van der Waals surface area contributed by atoms with Crippen LogP contribution in [0.2, 0.25) is 0 Å². The molecule has 0 unspecified atom stereocenters. The molecule has 4 nitrogen and oxygen atoms in total. The van der Waals surface area contributed by atoms with Crippen molar-refractivity contribution < 1.29 is 19.8 Å². The molecule has 0 spiro atoms.